The number of methoxy groups -OCH3 is 1. The molecule has 1 unspecified atom stereocenters. The van der Waals surface area contributed by atoms with Gasteiger partial charge in [0, 0.05) is 81.6 Å². The lowest BCUT2D eigenvalue weighted by Crippen LogP contribution is -2.50. The number of fused-ring (bicyclic) bond motifs is 1. The van der Waals surface area contributed by atoms with Crippen LogP contribution in [0.5, 0.6) is 0 Å². The van der Waals surface area contributed by atoms with Gasteiger partial charge in [-0.15, -0.1) is 0 Å². The van der Waals surface area contributed by atoms with E-state index < -0.39 is 0 Å². The monoisotopic (exact) mass is 426 g/mol. The first kappa shape index (κ1) is 22.3. The maximum Gasteiger partial charge on any atom is 0.253 e. The minimum absolute atomic E-state index is 0.166. The second-order valence-electron chi connectivity index (χ2n) is 9.47. The minimum atomic E-state index is 0.166. The Morgan fingerprint density at radius 3 is 2.68 bits per heavy atom. The van der Waals surface area contributed by atoms with E-state index in [1.54, 1.807) is 7.11 Å². The third kappa shape index (κ3) is 5.30. The largest absolute Gasteiger partial charge is 0.383 e. The van der Waals surface area contributed by atoms with Gasteiger partial charge in [-0.3, -0.25) is 9.69 Å². The summed E-state index contributed by atoms with van der Waals surface area (Å²) in [6.07, 6.45) is 4.73. The summed E-state index contributed by atoms with van der Waals surface area (Å²) in [6.45, 7) is 13.2. The summed E-state index contributed by atoms with van der Waals surface area (Å²) < 4.78 is 7.62. The standard InChI is InChI=1S/C25H38N4O2/c1-20(2)27-11-13-28(14-12-27)25(30)23-6-7-24-22(17-23)8-10-29(24)19-21-5-4-9-26(18-21)15-16-31-3/h6-8,10,17,20-21H,4-5,9,11-16,18-19H2,1-3H3. The van der Waals surface area contributed by atoms with Crippen molar-refractivity contribution in [2.75, 3.05) is 59.5 Å². The molecule has 6 heteroatoms. The molecule has 4 rings (SSSR count). The van der Waals surface area contributed by atoms with E-state index >= 15 is 0 Å². The molecule has 31 heavy (non-hydrogen) atoms. The smallest absolute Gasteiger partial charge is 0.253 e. The maximum absolute atomic E-state index is 13.1. The molecule has 1 atom stereocenters. The van der Waals surface area contributed by atoms with Crippen molar-refractivity contribution in [2.45, 2.75) is 39.3 Å². The predicted octanol–water partition coefficient (Wildman–Crippen LogP) is 3.17. The highest BCUT2D eigenvalue weighted by Gasteiger charge is 2.24. The van der Waals surface area contributed by atoms with Crippen molar-refractivity contribution in [2.24, 2.45) is 5.92 Å². The topological polar surface area (TPSA) is 41.0 Å². The van der Waals surface area contributed by atoms with Crippen molar-refractivity contribution in [1.82, 2.24) is 19.3 Å². The molecule has 0 N–H and O–H groups in total. The molecule has 6 nitrogen and oxygen atoms in total. The van der Waals surface area contributed by atoms with Gasteiger partial charge in [0.25, 0.3) is 5.91 Å². The molecule has 170 valence electrons. The normalized spacial score (nSPS) is 21.3. The van der Waals surface area contributed by atoms with Crippen LogP contribution in [0, 0.1) is 5.92 Å². The molecule has 0 bridgehead atoms. The van der Waals surface area contributed by atoms with Crippen molar-refractivity contribution in [3.05, 3.63) is 36.0 Å². The predicted molar refractivity (Wildman–Crippen MR) is 126 cm³/mol. The van der Waals surface area contributed by atoms with E-state index in [1.807, 2.05) is 11.0 Å². The van der Waals surface area contributed by atoms with Crippen LogP contribution in [0.2, 0.25) is 0 Å². The van der Waals surface area contributed by atoms with Crippen molar-refractivity contribution < 1.29 is 9.53 Å². The summed E-state index contributed by atoms with van der Waals surface area (Å²) in [4.78, 5) is 20.0. The van der Waals surface area contributed by atoms with Crippen LogP contribution < -0.4 is 0 Å². The van der Waals surface area contributed by atoms with Crippen LogP contribution in [0.3, 0.4) is 0 Å². The number of rotatable bonds is 7. The summed E-state index contributed by atoms with van der Waals surface area (Å²) >= 11 is 0. The van der Waals surface area contributed by atoms with E-state index in [9.17, 15) is 4.79 Å². The molecule has 3 heterocycles. The first-order chi connectivity index (χ1) is 15.0. The van der Waals surface area contributed by atoms with Crippen molar-refractivity contribution in [3.63, 3.8) is 0 Å². The third-order valence-corrected chi connectivity index (χ3v) is 7.02. The van der Waals surface area contributed by atoms with Crippen LogP contribution in [0.25, 0.3) is 10.9 Å². The second kappa shape index (κ2) is 10.2. The fourth-order valence-corrected chi connectivity index (χ4v) is 5.12. The number of hydrogen-bond acceptors (Lipinski definition) is 4. The Hall–Kier alpha value is -1.89. The van der Waals surface area contributed by atoms with Gasteiger partial charge < -0.3 is 19.1 Å². The van der Waals surface area contributed by atoms with Crippen LogP contribution in [0.1, 0.15) is 37.0 Å². The lowest BCUT2D eigenvalue weighted by atomic mass is 9.98. The average Bonchev–Trinajstić information content (AvgIpc) is 3.19. The first-order valence-corrected chi connectivity index (χ1v) is 11.9. The number of benzene rings is 1. The Morgan fingerprint density at radius 1 is 1.13 bits per heavy atom. The van der Waals surface area contributed by atoms with Gasteiger partial charge in [-0.1, -0.05) is 0 Å². The summed E-state index contributed by atoms with van der Waals surface area (Å²) in [5.41, 5.74) is 2.04. The molecular formula is C25H38N4O2. The highest BCUT2D eigenvalue weighted by atomic mass is 16.5. The van der Waals surface area contributed by atoms with Gasteiger partial charge in [-0.05, 0) is 63.4 Å². The quantitative estimate of drug-likeness (QED) is 0.682. The van der Waals surface area contributed by atoms with Crippen molar-refractivity contribution >= 4 is 16.8 Å². The molecule has 2 aliphatic heterocycles. The van der Waals surface area contributed by atoms with Gasteiger partial charge in [0.1, 0.15) is 0 Å². The van der Waals surface area contributed by atoms with Crippen LogP contribution >= 0.6 is 0 Å². The van der Waals surface area contributed by atoms with E-state index in [1.165, 1.54) is 30.3 Å². The zero-order chi connectivity index (χ0) is 21.8. The Labute approximate surface area is 186 Å². The van der Waals surface area contributed by atoms with Crippen LogP contribution in [-0.4, -0.2) is 90.7 Å². The molecule has 2 saturated heterocycles. The molecule has 2 fully saturated rings. The fourth-order valence-electron chi connectivity index (χ4n) is 5.12. The lowest BCUT2D eigenvalue weighted by molar-refractivity contribution is 0.0595. The molecule has 2 aliphatic rings. The summed E-state index contributed by atoms with van der Waals surface area (Å²) in [7, 11) is 1.78. The van der Waals surface area contributed by atoms with E-state index in [-0.39, 0.29) is 5.91 Å². The zero-order valence-electron chi connectivity index (χ0n) is 19.4. The molecule has 0 radical (unpaired) electrons. The van der Waals surface area contributed by atoms with E-state index in [4.69, 9.17) is 4.74 Å². The number of carbonyl (C=O) groups excluding carboxylic acids is 1. The highest BCUT2D eigenvalue weighted by Crippen LogP contribution is 2.24. The van der Waals surface area contributed by atoms with Crippen molar-refractivity contribution in [3.8, 4) is 0 Å². The molecule has 0 saturated carbocycles. The molecule has 0 aliphatic carbocycles. The van der Waals surface area contributed by atoms with Gasteiger partial charge in [-0.2, -0.15) is 0 Å². The highest BCUT2D eigenvalue weighted by molar-refractivity contribution is 5.98. The molecule has 0 spiro atoms. The summed E-state index contributed by atoms with van der Waals surface area (Å²) in [5, 5.41) is 1.17. The number of carbonyl (C=O) groups is 1. The Balaban J connectivity index is 1.39. The number of piperazine rings is 1. The fraction of sp³-hybridized carbons (Fsp3) is 0.640. The Bertz CT molecular complexity index is 870. The number of amides is 1. The summed E-state index contributed by atoms with van der Waals surface area (Å²) in [5.74, 6) is 0.832. The lowest BCUT2D eigenvalue weighted by Gasteiger charge is -2.37. The molecule has 1 aromatic heterocycles. The van der Waals surface area contributed by atoms with Crippen LogP contribution in [0.15, 0.2) is 30.5 Å². The minimum Gasteiger partial charge on any atom is -0.383 e. The summed E-state index contributed by atoms with van der Waals surface area (Å²) in [6, 6.07) is 8.94. The SMILES string of the molecule is COCCN1CCCC(Cn2ccc3cc(C(=O)N4CCN(C(C)C)CC4)ccc32)C1. The molecule has 1 aromatic carbocycles. The van der Waals surface area contributed by atoms with Crippen LogP contribution in [0.4, 0.5) is 0 Å². The Morgan fingerprint density at radius 2 is 1.94 bits per heavy atom. The third-order valence-electron chi connectivity index (χ3n) is 7.02. The van der Waals surface area contributed by atoms with Crippen LogP contribution in [-0.2, 0) is 11.3 Å². The van der Waals surface area contributed by atoms with E-state index in [0.717, 1.165) is 58.0 Å². The van der Waals surface area contributed by atoms with Crippen molar-refractivity contribution in [1.29, 1.82) is 0 Å². The molecule has 1 amide bonds. The van der Waals surface area contributed by atoms with E-state index in [2.05, 4.69) is 52.6 Å². The zero-order valence-corrected chi connectivity index (χ0v) is 19.4. The number of hydrogen-bond donors (Lipinski definition) is 0. The maximum atomic E-state index is 13.1. The van der Waals surface area contributed by atoms with Gasteiger partial charge in [0.2, 0.25) is 0 Å². The number of piperidine rings is 1. The number of aromatic nitrogens is 1. The average molecular weight is 427 g/mol. The molecule has 2 aromatic rings. The van der Waals surface area contributed by atoms with Gasteiger partial charge >= 0.3 is 0 Å². The number of ether oxygens (including phenoxy) is 1. The second-order valence-corrected chi connectivity index (χ2v) is 9.47. The van der Waals surface area contributed by atoms with Gasteiger partial charge in [-0.25, -0.2) is 0 Å². The molecular weight excluding hydrogens is 388 g/mol. The number of likely N-dealkylation sites (tertiary alicyclic amines) is 1. The van der Waals surface area contributed by atoms with E-state index in [0.29, 0.717) is 12.0 Å². The Kier molecular flexibility index (Phi) is 7.31. The van der Waals surface area contributed by atoms with Gasteiger partial charge in [0.15, 0.2) is 0 Å². The van der Waals surface area contributed by atoms with Gasteiger partial charge in [0.05, 0.1) is 6.61 Å². The first-order valence-electron chi connectivity index (χ1n) is 11.9. The number of nitrogens with zero attached hydrogens (tertiary/aromatic N) is 4.